The molecule has 0 amide bonds. The Hall–Kier alpha value is -2.79. The van der Waals surface area contributed by atoms with Crippen LogP contribution in [0.1, 0.15) is 24.0 Å². The molecule has 2 nitrogen and oxygen atoms in total. The van der Waals surface area contributed by atoms with Crippen molar-refractivity contribution < 1.29 is 0 Å². The van der Waals surface area contributed by atoms with E-state index in [0.717, 1.165) is 18.5 Å². The molecule has 4 rings (SSSR count). The van der Waals surface area contributed by atoms with Crippen molar-refractivity contribution in [3.63, 3.8) is 0 Å². The zero-order chi connectivity index (χ0) is 16.4. The summed E-state index contributed by atoms with van der Waals surface area (Å²) in [4.78, 5) is 2.57. The Morgan fingerprint density at radius 1 is 0.958 bits per heavy atom. The van der Waals surface area contributed by atoms with Crippen molar-refractivity contribution in [1.82, 2.24) is 0 Å². The highest BCUT2D eigenvalue weighted by molar-refractivity contribution is 5.94. The molecule has 3 aromatic rings. The molecule has 1 aliphatic rings. The van der Waals surface area contributed by atoms with Gasteiger partial charge in [-0.25, -0.2) is 0 Å². The molecule has 0 spiro atoms. The fourth-order valence-corrected chi connectivity index (χ4v) is 3.81. The van der Waals surface area contributed by atoms with Crippen molar-refractivity contribution in [1.29, 1.82) is 5.26 Å². The first-order valence-corrected chi connectivity index (χ1v) is 8.58. The molecule has 0 aromatic heterocycles. The molecule has 1 fully saturated rings. The molecule has 3 aromatic carbocycles. The molecule has 118 valence electrons. The van der Waals surface area contributed by atoms with E-state index < -0.39 is 0 Å². The van der Waals surface area contributed by atoms with Crippen LogP contribution in [0.25, 0.3) is 10.8 Å². The van der Waals surface area contributed by atoms with Gasteiger partial charge >= 0.3 is 0 Å². The molecule has 2 heteroatoms. The molecular weight excluding hydrogens is 292 g/mol. The van der Waals surface area contributed by atoms with Gasteiger partial charge in [-0.2, -0.15) is 5.26 Å². The Kier molecular flexibility index (Phi) is 3.92. The monoisotopic (exact) mass is 312 g/mol. The van der Waals surface area contributed by atoms with Crippen LogP contribution in [0.5, 0.6) is 0 Å². The normalized spacial score (nSPS) is 17.1. The first-order chi connectivity index (χ1) is 11.8. The average molecular weight is 312 g/mol. The van der Waals surface area contributed by atoms with E-state index in [1.54, 1.807) is 0 Å². The summed E-state index contributed by atoms with van der Waals surface area (Å²) in [5.74, 6) is 0. The molecule has 1 saturated heterocycles. The van der Waals surface area contributed by atoms with Gasteiger partial charge in [0.05, 0.1) is 11.6 Å². The number of rotatable bonds is 3. The summed E-state index contributed by atoms with van der Waals surface area (Å²) in [5, 5.41) is 11.6. The summed E-state index contributed by atoms with van der Waals surface area (Å²) in [6, 6.07) is 26.0. The Bertz CT molecular complexity index is 884. The Morgan fingerprint density at radius 3 is 2.58 bits per heavy atom. The number of nitriles is 1. The minimum atomic E-state index is 0.531. The number of nitrogens with zero attached hydrogens (tertiary/aromatic N) is 2. The molecule has 0 bridgehead atoms. The van der Waals surface area contributed by atoms with Crippen molar-refractivity contribution in [3.8, 4) is 6.07 Å². The van der Waals surface area contributed by atoms with Crippen LogP contribution < -0.4 is 4.90 Å². The molecule has 1 atom stereocenters. The summed E-state index contributed by atoms with van der Waals surface area (Å²) in [6.45, 7) is 1.12. The predicted octanol–water partition coefficient (Wildman–Crippen LogP) is 4.92. The van der Waals surface area contributed by atoms with Gasteiger partial charge in [0.2, 0.25) is 0 Å². The van der Waals surface area contributed by atoms with Crippen LogP contribution in [-0.4, -0.2) is 12.6 Å². The Balaban J connectivity index is 1.63. The van der Waals surface area contributed by atoms with Crippen LogP contribution in [0.2, 0.25) is 0 Å². The molecule has 24 heavy (non-hydrogen) atoms. The van der Waals surface area contributed by atoms with Crippen LogP contribution in [0.3, 0.4) is 0 Å². The van der Waals surface area contributed by atoms with Gasteiger partial charge in [-0.3, -0.25) is 0 Å². The first-order valence-electron chi connectivity index (χ1n) is 8.58. The third kappa shape index (κ3) is 2.74. The Labute approximate surface area is 143 Å². The zero-order valence-electron chi connectivity index (χ0n) is 13.7. The lowest BCUT2D eigenvalue weighted by Crippen LogP contribution is -2.31. The van der Waals surface area contributed by atoms with Gasteiger partial charge in [0.25, 0.3) is 0 Å². The van der Waals surface area contributed by atoms with Gasteiger partial charge in [-0.15, -0.1) is 0 Å². The maximum absolute atomic E-state index is 8.95. The molecule has 0 saturated carbocycles. The second-order valence-corrected chi connectivity index (χ2v) is 6.50. The fourth-order valence-electron chi connectivity index (χ4n) is 3.81. The molecule has 0 radical (unpaired) electrons. The van der Waals surface area contributed by atoms with Crippen LogP contribution >= 0.6 is 0 Å². The van der Waals surface area contributed by atoms with Crippen molar-refractivity contribution in [3.05, 3.63) is 77.9 Å². The van der Waals surface area contributed by atoms with Crippen LogP contribution in [0.15, 0.2) is 66.7 Å². The standard InChI is InChI=1S/C22H20N2/c23-16-18-12-10-17(11-13-18)15-20-7-4-14-24(20)22-9-3-6-19-5-1-2-8-21(19)22/h1-3,5-6,8-13,20H,4,7,14-15H2. The second-order valence-electron chi connectivity index (χ2n) is 6.50. The highest BCUT2D eigenvalue weighted by Gasteiger charge is 2.25. The minimum absolute atomic E-state index is 0.531. The number of benzene rings is 3. The third-order valence-electron chi connectivity index (χ3n) is 5.01. The summed E-state index contributed by atoms with van der Waals surface area (Å²) < 4.78 is 0. The zero-order valence-corrected chi connectivity index (χ0v) is 13.7. The van der Waals surface area contributed by atoms with Gasteiger partial charge in [-0.1, -0.05) is 48.5 Å². The highest BCUT2D eigenvalue weighted by atomic mass is 15.2. The van der Waals surface area contributed by atoms with Crippen molar-refractivity contribution >= 4 is 16.5 Å². The van der Waals surface area contributed by atoms with E-state index in [2.05, 4.69) is 65.6 Å². The van der Waals surface area contributed by atoms with Gasteiger partial charge in [0.1, 0.15) is 0 Å². The second kappa shape index (κ2) is 6.37. The van der Waals surface area contributed by atoms with Crippen LogP contribution in [-0.2, 0) is 6.42 Å². The van der Waals surface area contributed by atoms with Crippen LogP contribution in [0.4, 0.5) is 5.69 Å². The molecule has 0 aliphatic carbocycles. The van der Waals surface area contributed by atoms with Gasteiger partial charge in [0, 0.05) is 23.7 Å². The number of hydrogen-bond donors (Lipinski definition) is 0. The van der Waals surface area contributed by atoms with E-state index in [1.165, 1.54) is 34.9 Å². The molecule has 1 aliphatic heterocycles. The lowest BCUT2D eigenvalue weighted by Gasteiger charge is -2.28. The smallest absolute Gasteiger partial charge is 0.0991 e. The van der Waals surface area contributed by atoms with Gasteiger partial charge in [0.15, 0.2) is 0 Å². The van der Waals surface area contributed by atoms with E-state index >= 15 is 0 Å². The molecule has 0 N–H and O–H groups in total. The van der Waals surface area contributed by atoms with Crippen LogP contribution in [0, 0.1) is 11.3 Å². The summed E-state index contributed by atoms with van der Waals surface area (Å²) in [7, 11) is 0. The number of anilines is 1. The first kappa shape index (κ1) is 14.8. The topological polar surface area (TPSA) is 27.0 Å². The number of fused-ring (bicyclic) bond motifs is 1. The van der Waals surface area contributed by atoms with E-state index in [1.807, 2.05) is 12.1 Å². The van der Waals surface area contributed by atoms with E-state index in [0.29, 0.717) is 6.04 Å². The van der Waals surface area contributed by atoms with Gasteiger partial charge in [-0.05, 0) is 48.4 Å². The van der Waals surface area contributed by atoms with Crippen molar-refractivity contribution in [2.45, 2.75) is 25.3 Å². The highest BCUT2D eigenvalue weighted by Crippen LogP contribution is 2.33. The average Bonchev–Trinajstić information content (AvgIpc) is 3.10. The third-order valence-corrected chi connectivity index (χ3v) is 5.01. The van der Waals surface area contributed by atoms with E-state index in [-0.39, 0.29) is 0 Å². The summed E-state index contributed by atoms with van der Waals surface area (Å²) in [5.41, 5.74) is 3.39. The quantitative estimate of drug-likeness (QED) is 0.686. The lowest BCUT2D eigenvalue weighted by molar-refractivity contribution is 0.665. The predicted molar refractivity (Wildman–Crippen MR) is 99.2 cm³/mol. The van der Waals surface area contributed by atoms with Crippen molar-refractivity contribution in [2.24, 2.45) is 0 Å². The molecular formula is C22H20N2. The van der Waals surface area contributed by atoms with E-state index in [9.17, 15) is 0 Å². The Morgan fingerprint density at radius 2 is 1.75 bits per heavy atom. The van der Waals surface area contributed by atoms with Crippen molar-refractivity contribution in [2.75, 3.05) is 11.4 Å². The fraction of sp³-hybridized carbons (Fsp3) is 0.227. The lowest BCUT2D eigenvalue weighted by atomic mass is 10.0. The minimum Gasteiger partial charge on any atom is -0.368 e. The maximum Gasteiger partial charge on any atom is 0.0991 e. The SMILES string of the molecule is N#Cc1ccc(CC2CCCN2c2cccc3ccccc23)cc1. The number of hydrogen-bond acceptors (Lipinski definition) is 2. The summed E-state index contributed by atoms with van der Waals surface area (Å²) in [6.07, 6.45) is 3.50. The molecule has 1 heterocycles. The summed E-state index contributed by atoms with van der Waals surface area (Å²) >= 11 is 0. The largest absolute Gasteiger partial charge is 0.368 e. The maximum atomic E-state index is 8.95. The van der Waals surface area contributed by atoms with E-state index in [4.69, 9.17) is 5.26 Å². The van der Waals surface area contributed by atoms with Gasteiger partial charge < -0.3 is 4.90 Å². The molecule has 1 unspecified atom stereocenters.